The van der Waals surface area contributed by atoms with Crippen LogP contribution in [0.25, 0.3) is 11.0 Å². The zero-order valence-corrected chi connectivity index (χ0v) is 19.5. The number of amides is 1. The van der Waals surface area contributed by atoms with Gasteiger partial charge < -0.3 is 5.32 Å². The normalized spacial score (nSPS) is 14.6. The van der Waals surface area contributed by atoms with E-state index < -0.39 is 11.2 Å². The molecule has 10 heteroatoms. The van der Waals surface area contributed by atoms with Gasteiger partial charge in [-0.05, 0) is 37.1 Å². The lowest BCUT2D eigenvalue weighted by Gasteiger charge is -2.21. The number of hydrogen-bond acceptors (Lipinski definition) is 6. The molecule has 1 fully saturated rings. The predicted octanol–water partition coefficient (Wildman–Crippen LogP) is 3.46. The molecule has 4 rings (SSSR count). The summed E-state index contributed by atoms with van der Waals surface area (Å²) in [6, 6.07) is 6.83. The van der Waals surface area contributed by atoms with Crippen molar-refractivity contribution in [3.8, 4) is 0 Å². The molecule has 2 heterocycles. The van der Waals surface area contributed by atoms with Gasteiger partial charge in [-0.3, -0.25) is 18.7 Å². The van der Waals surface area contributed by atoms with Crippen molar-refractivity contribution < 1.29 is 4.79 Å². The molecule has 0 saturated heterocycles. The van der Waals surface area contributed by atoms with Gasteiger partial charge in [0, 0.05) is 30.7 Å². The van der Waals surface area contributed by atoms with Gasteiger partial charge >= 0.3 is 5.69 Å². The van der Waals surface area contributed by atoms with Gasteiger partial charge in [0.2, 0.25) is 5.91 Å². The van der Waals surface area contributed by atoms with Gasteiger partial charge in [0.1, 0.15) is 16.2 Å². The van der Waals surface area contributed by atoms with Crippen LogP contribution in [0.1, 0.15) is 43.8 Å². The number of aromatic nitrogens is 4. The average molecular weight is 474 g/mol. The van der Waals surface area contributed by atoms with Crippen molar-refractivity contribution in [2.75, 3.05) is 11.1 Å². The second kappa shape index (κ2) is 9.46. The van der Waals surface area contributed by atoms with E-state index in [0.717, 1.165) is 30.3 Å². The molecule has 2 aromatic heterocycles. The number of aryl methyl sites for hydroxylation is 1. The Balaban J connectivity index is 1.69. The fraction of sp³-hybridized carbons (Fsp3) is 0.409. The summed E-state index contributed by atoms with van der Waals surface area (Å²) in [5.41, 5.74) is 0.0502. The lowest BCUT2D eigenvalue weighted by Crippen LogP contribution is -2.38. The van der Waals surface area contributed by atoms with Crippen LogP contribution < -0.4 is 16.6 Å². The van der Waals surface area contributed by atoms with Gasteiger partial charge in [-0.25, -0.2) is 14.8 Å². The van der Waals surface area contributed by atoms with Crippen LogP contribution >= 0.6 is 23.4 Å². The third-order valence-corrected chi connectivity index (χ3v) is 6.95. The standard InChI is InChI=1S/C22H24ClN5O3S/c1-27-19-17(21(30)28(2)22(27)31)20(26-18(25-19)13-6-4-3-5-7-13)32-12-16(29)24-15-10-8-14(23)9-11-15/h8-11,13H,3-7,12H2,1-2H3,(H,24,29). The summed E-state index contributed by atoms with van der Waals surface area (Å²) >= 11 is 7.07. The molecule has 8 nitrogen and oxygen atoms in total. The van der Waals surface area contributed by atoms with Crippen LogP contribution in [-0.2, 0) is 18.9 Å². The molecule has 1 amide bonds. The van der Waals surface area contributed by atoms with Crippen molar-refractivity contribution in [3.05, 3.63) is 56.0 Å². The highest BCUT2D eigenvalue weighted by Crippen LogP contribution is 2.33. The van der Waals surface area contributed by atoms with E-state index in [4.69, 9.17) is 16.6 Å². The van der Waals surface area contributed by atoms with Crippen molar-refractivity contribution in [2.24, 2.45) is 14.1 Å². The highest BCUT2D eigenvalue weighted by molar-refractivity contribution is 8.00. The molecular weight excluding hydrogens is 450 g/mol. The minimum Gasteiger partial charge on any atom is -0.325 e. The third-order valence-electron chi connectivity index (χ3n) is 5.72. The number of hydrogen-bond donors (Lipinski definition) is 1. The maximum Gasteiger partial charge on any atom is 0.332 e. The molecule has 0 unspecified atom stereocenters. The molecule has 32 heavy (non-hydrogen) atoms. The summed E-state index contributed by atoms with van der Waals surface area (Å²) in [6.07, 6.45) is 5.35. The van der Waals surface area contributed by atoms with Crippen LogP contribution in [0.2, 0.25) is 5.02 Å². The Hall–Kier alpha value is -2.65. The number of thioether (sulfide) groups is 1. The summed E-state index contributed by atoms with van der Waals surface area (Å²) in [4.78, 5) is 47.3. The fourth-order valence-corrected chi connectivity index (χ4v) is 4.90. The average Bonchev–Trinajstić information content (AvgIpc) is 2.81. The summed E-state index contributed by atoms with van der Waals surface area (Å²) < 4.78 is 2.42. The molecule has 1 N–H and O–H groups in total. The molecule has 3 aromatic rings. The Morgan fingerprint density at radius 1 is 1.09 bits per heavy atom. The largest absolute Gasteiger partial charge is 0.332 e. The van der Waals surface area contributed by atoms with Crippen molar-refractivity contribution in [1.29, 1.82) is 0 Å². The maximum absolute atomic E-state index is 12.9. The number of benzene rings is 1. The first kappa shape index (κ1) is 22.5. The highest BCUT2D eigenvalue weighted by atomic mass is 35.5. The Bertz CT molecular complexity index is 1280. The first-order valence-electron chi connectivity index (χ1n) is 10.5. The van der Waals surface area contributed by atoms with Gasteiger partial charge in [0.25, 0.3) is 5.56 Å². The summed E-state index contributed by atoms with van der Waals surface area (Å²) in [5, 5.41) is 4.09. The van der Waals surface area contributed by atoms with Gasteiger partial charge in [-0.2, -0.15) is 0 Å². The Morgan fingerprint density at radius 2 is 1.78 bits per heavy atom. The van der Waals surface area contributed by atoms with Gasteiger partial charge in [0.05, 0.1) is 5.75 Å². The molecule has 0 spiro atoms. The molecule has 0 aliphatic heterocycles. The predicted molar refractivity (Wildman–Crippen MR) is 127 cm³/mol. The number of carbonyl (C=O) groups is 1. The maximum atomic E-state index is 12.9. The smallest absolute Gasteiger partial charge is 0.325 e. The molecule has 0 radical (unpaired) electrons. The second-order valence-corrected chi connectivity index (χ2v) is 9.37. The number of fused-ring (bicyclic) bond motifs is 1. The molecule has 0 atom stereocenters. The van der Waals surface area contributed by atoms with Crippen LogP contribution in [0.15, 0.2) is 38.9 Å². The van der Waals surface area contributed by atoms with Crippen molar-refractivity contribution in [2.45, 2.75) is 43.0 Å². The van der Waals surface area contributed by atoms with Crippen LogP contribution in [0.4, 0.5) is 5.69 Å². The molecule has 168 valence electrons. The number of carbonyl (C=O) groups excluding carboxylic acids is 1. The van der Waals surface area contributed by atoms with E-state index in [2.05, 4.69) is 10.3 Å². The third kappa shape index (κ3) is 4.59. The van der Waals surface area contributed by atoms with Crippen LogP contribution in [-0.4, -0.2) is 30.8 Å². The Morgan fingerprint density at radius 3 is 2.47 bits per heavy atom. The van der Waals surface area contributed by atoms with Gasteiger partial charge in [0.15, 0.2) is 5.65 Å². The number of rotatable bonds is 5. The van der Waals surface area contributed by atoms with Crippen molar-refractivity contribution in [3.63, 3.8) is 0 Å². The number of nitrogens with one attached hydrogen (secondary N) is 1. The summed E-state index contributed by atoms with van der Waals surface area (Å²) in [5.74, 6) is 0.658. The minimum atomic E-state index is -0.459. The lowest BCUT2D eigenvalue weighted by atomic mass is 9.89. The van der Waals surface area contributed by atoms with Crippen LogP contribution in [0, 0.1) is 0 Å². The lowest BCUT2D eigenvalue weighted by molar-refractivity contribution is -0.113. The molecule has 1 aliphatic carbocycles. The van der Waals surface area contributed by atoms with E-state index in [9.17, 15) is 14.4 Å². The highest BCUT2D eigenvalue weighted by Gasteiger charge is 2.23. The van der Waals surface area contributed by atoms with E-state index in [1.54, 1.807) is 31.3 Å². The van der Waals surface area contributed by atoms with E-state index in [1.807, 2.05) is 0 Å². The monoisotopic (exact) mass is 473 g/mol. The van der Waals surface area contributed by atoms with Crippen LogP contribution in [0.3, 0.4) is 0 Å². The Kier molecular flexibility index (Phi) is 6.66. The summed E-state index contributed by atoms with van der Waals surface area (Å²) in [6.45, 7) is 0. The SMILES string of the molecule is Cn1c(=O)c2c(SCC(=O)Nc3ccc(Cl)cc3)nc(C3CCCCC3)nc2n(C)c1=O. The minimum absolute atomic E-state index is 0.0604. The van der Waals surface area contributed by atoms with Crippen molar-refractivity contribution in [1.82, 2.24) is 19.1 Å². The number of nitrogens with zero attached hydrogens (tertiary/aromatic N) is 4. The van der Waals surface area contributed by atoms with E-state index in [0.29, 0.717) is 27.2 Å². The first-order chi connectivity index (χ1) is 15.3. The van der Waals surface area contributed by atoms with E-state index >= 15 is 0 Å². The van der Waals surface area contributed by atoms with Crippen LogP contribution in [0.5, 0.6) is 0 Å². The summed E-state index contributed by atoms with van der Waals surface area (Å²) in [7, 11) is 3.03. The number of halogens is 1. The van der Waals surface area contributed by atoms with Crippen molar-refractivity contribution >= 4 is 46.0 Å². The Labute approximate surface area is 194 Å². The number of anilines is 1. The van der Waals surface area contributed by atoms with E-state index in [-0.39, 0.29) is 23.0 Å². The quantitative estimate of drug-likeness (QED) is 0.450. The first-order valence-corrected chi connectivity index (χ1v) is 11.9. The van der Waals surface area contributed by atoms with E-state index in [1.165, 1.54) is 29.8 Å². The van der Waals surface area contributed by atoms with Gasteiger partial charge in [-0.15, -0.1) is 0 Å². The molecule has 0 bridgehead atoms. The second-order valence-electron chi connectivity index (χ2n) is 7.97. The van der Waals surface area contributed by atoms with Gasteiger partial charge in [-0.1, -0.05) is 42.6 Å². The zero-order chi connectivity index (χ0) is 22.8. The molecular formula is C22H24ClN5O3S. The molecule has 1 aromatic carbocycles. The fourth-order valence-electron chi connectivity index (χ4n) is 3.96. The topological polar surface area (TPSA) is 98.9 Å². The molecule has 1 aliphatic rings. The molecule has 1 saturated carbocycles. The zero-order valence-electron chi connectivity index (χ0n) is 17.9.